The summed E-state index contributed by atoms with van der Waals surface area (Å²) in [7, 11) is 0. The summed E-state index contributed by atoms with van der Waals surface area (Å²) in [6, 6.07) is 16.8. The Kier molecular flexibility index (Phi) is 4.82. The first-order chi connectivity index (χ1) is 10.1. The maximum Gasteiger partial charge on any atom is 0.246 e. The highest BCUT2D eigenvalue weighted by atomic mass is 16.2. The number of nitrogen functional groups attached to an aromatic ring is 1. The van der Waals surface area contributed by atoms with E-state index in [0.717, 1.165) is 23.6 Å². The molecule has 2 aromatic carbocycles. The molecule has 0 saturated heterocycles. The second-order valence-electron chi connectivity index (χ2n) is 4.91. The molecule has 0 heterocycles. The van der Waals surface area contributed by atoms with E-state index in [0.29, 0.717) is 0 Å². The molecular formula is C17H21N3O. The van der Waals surface area contributed by atoms with Crippen molar-refractivity contribution in [2.75, 3.05) is 22.5 Å². The first-order valence-electron chi connectivity index (χ1n) is 7.10. The lowest BCUT2D eigenvalue weighted by molar-refractivity contribution is -0.117. The first-order valence-corrected chi connectivity index (χ1v) is 7.10. The summed E-state index contributed by atoms with van der Waals surface area (Å²) < 4.78 is 0. The lowest BCUT2D eigenvalue weighted by Crippen LogP contribution is -2.42. The van der Waals surface area contributed by atoms with E-state index < -0.39 is 0 Å². The highest BCUT2D eigenvalue weighted by Gasteiger charge is 2.20. The van der Waals surface area contributed by atoms with Gasteiger partial charge in [0.1, 0.15) is 6.04 Å². The second-order valence-corrected chi connectivity index (χ2v) is 4.91. The van der Waals surface area contributed by atoms with Gasteiger partial charge in [0.05, 0.1) is 0 Å². The molecule has 0 fully saturated rings. The normalized spacial score (nSPS) is 11.7. The number of carbonyl (C=O) groups excluding carboxylic acids is 1. The molecule has 4 nitrogen and oxygen atoms in total. The van der Waals surface area contributed by atoms with Gasteiger partial charge in [0.15, 0.2) is 0 Å². The Labute approximate surface area is 125 Å². The van der Waals surface area contributed by atoms with Gasteiger partial charge in [-0.05, 0) is 50.2 Å². The number of nitrogens with one attached hydrogen (secondary N) is 1. The van der Waals surface area contributed by atoms with Crippen LogP contribution in [0.4, 0.5) is 17.1 Å². The Hall–Kier alpha value is -2.49. The van der Waals surface area contributed by atoms with Gasteiger partial charge in [0.25, 0.3) is 0 Å². The SMILES string of the molecule is CCN(c1ccc(N)cc1)C(C)C(=O)Nc1ccccc1. The smallest absolute Gasteiger partial charge is 0.246 e. The Bertz CT molecular complexity index is 581. The number of hydrogen-bond donors (Lipinski definition) is 2. The quantitative estimate of drug-likeness (QED) is 0.829. The van der Waals surface area contributed by atoms with E-state index in [1.54, 1.807) is 0 Å². The third-order valence-corrected chi connectivity index (χ3v) is 3.45. The number of hydrogen-bond acceptors (Lipinski definition) is 3. The fourth-order valence-electron chi connectivity index (χ4n) is 2.26. The minimum Gasteiger partial charge on any atom is -0.399 e. The summed E-state index contributed by atoms with van der Waals surface area (Å²) >= 11 is 0. The molecule has 0 aliphatic heterocycles. The fourth-order valence-corrected chi connectivity index (χ4v) is 2.26. The molecule has 0 aliphatic rings. The summed E-state index contributed by atoms with van der Waals surface area (Å²) in [4.78, 5) is 14.4. The van der Waals surface area contributed by atoms with E-state index in [-0.39, 0.29) is 11.9 Å². The Morgan fingerprint density at radius 1 is 1.14 bits per heavy atom. The van der Waals surface area contributed by atoms with Crippen LogP contribution in [0.2, 0.25) is 0 Å². The second kappa shape index (κ2) is 6.79. The molecule has 0 bridgehead atoms. The molecule has 0 spiro atoms. The highest BCUT2D eigenvalue weighted by molar-refractivity contribution is 5.96. The van der Waals surface area contributed by atoms with Gasteiger partial charge in [0.2, 0.25) is 5.91 Å². The molecule has 1 unspecified atom stereocenters. The number of nitrogens with two attached hydrogens (primary N) is 1. The van der Waals surface area contributed by atoms with E-state index in [2.05, 4.69) is 5.32 Å². The Balaban J connectivity index is 2.10. The predicted molar refractivity (Wildman–Crippen MR) is 88.4 cm³/mol. The van der Waals surface area contributed by atoms with Gasteiger partial charge in [-0.15, -0.1) is 0 Å². The number of likely N-dealkylation sites (N-methyl/N-ethyl adjacent to an activating group) is 1. The highest BCUT2D eigenvalue weighted by Crippen LogP contribution is 2.19. The van der Waals surface area contributed by atoms with Crippen LogP contribution in [0.15, 0.2) is 54.6 Å². The minimum atomic E-state index is -0.265. The summed E-state index contributed by atoms with van der Waals surface area (Å²) in [6.45, 7) is 4.67. The fraction of sp³-hybridized carbons (Fsp3) is 0.235. The van der Waals surface area contributed by atoms with E-state index in [1.165, 1.54) is 0 Å². The van der Waals surface area contributed by atoms with Crippen LogP contribution in [0.25, 0.3) is 0 Å². The molecule has 0 aliphatic carbocycles. The van der Waals surface area contributed by atoms with Crippen molar-refractivity contribution in [3.05, 3.63) is 54.6 Å². The topological polar surface area (TPSA) is 58.4 Å². The van der Waals surface area contributed by atoms with Crippen molar-refractivity contribution in [2.24, 2.45) is 0 Å². The molecule has 0 aromatic heterocycles. The molecule has 1 atom stereocenters. The number of rotatable bonds is 5. The number of para-hydroxylation sites is 1. The first kappa shape index (κ1) is 14.9. The van der Waals surface area contributed by atoms with Crippen molar-refractivity contribution >= 4 is 23.0 Å². The molecule has 0 radical (unpaired) electrons. The van der Waals surface area contributed by atoms with Gasteiger partial charge in [-0.25, -0.2) is 0 Å². The van der Waals surface area contributed by atoms with Gasteiger partial charge in [0, 0.05) is 23.6 Å². The number of benzene rings is 2. The van der Waals surface area contributed by atoms with Crippen LogP contribution in [0.5, 0.6) is 0 Å². The molecule has 2 aromatic rings. The van der Waals surface area contributed by atoms with Crippen LogP contribution in [-0.2, 0) is 4.79 Å². The molecule has 0 saturated carbocycles. The van der Waals surface area contributed by atoms with Crippen molar-refractivity contribution in [1.82, 2.24) is 0 Å². The zero-order valence-electron chi connectivity index (χ0n) is 12.4. The number of nitrogens with zero attached hydrogens (tertiary/aromatic N) is 1. The van der Waals surface area contributed by atoms with Crippen molar-refractivity contribution < 1.29 is 4.79 Å². The van der Waals surface area contributed by atoms with Crippen LogP contribution in [0, 0.1) is 0 Å². The minimum absolute atomic E-state index is 0.0279. The summed E-state index contributed by atoms with van der Waals surface area (Å²) in [5.74, 6) is -0.0279. The van der Waals surface area contributed by atoms with Crippen LogP contribution in [-0.4, -0.2) is 18.5 Å². The monoisotopic (exact) mass is 283 g/mol. The largest absolute Gasteiger partial charge is 0.399 e. The molecule has 21 heavy (non-hydrogen) atoms. The maximum atomic E-state index is 12.4. The van der Waals surface area contributed by atoms with Crippen molar-refractivity contribution in [1.29, 1.82) is 0 Å². The van der Waals surface area contributed by atoms with E-state index in [1.807, 2.05) is 73.3 Å². The molecular weight excluding hydrogens is 262 g/mol. The van der Waals surface area contributed by atoms with E-state index in [9.17, 15) is 4.79 Å². The van der Waals surface area contributed by atoms with Gasteiger partial charge in [-0.2, -0.15) is 0 Å². The van der Waals surface area contributed by atoms with Crippen LogP contribution < -0.4 is 16.0 Å². The van der Waals surface area contributed by atoms with Gasteiger partial charge < -0.3 is 16.0 Å². The lowest BCUT2D eigenvalue weighted by atomic mass is 10.2. The molecule has 4 heteroatoms. The van der Waals surface area contributed by atoms with E-state index >= 15 is 0 Å². The standard InChI is InChI=1S/C17H21N3O/c1-3-20(16-11-9-14(18)10-12-16)13(2)17(21)19-15-7-5-4-6-8-15/h4-13H,3,18H2,1-2H3,(H,19,21). The zero-order valence-corrected chi connectivity index (χ0v) is 12.4. The third kappa shape index (κ3) is 3.75. The Morgan fingerprint density at radius 2 is 1.76 bits per heavy atom. The van der Waals surface area contributed by atoms with Crippen molar-refractivity contribution in [3.8, 4) is 0 Å². The molecule has 1 amide bonds. The average Bonchev–Trinajstić information content (AvgIpc) is 2.50. The van der Waals surface area contributed by atoms with Crippen molar-refractivity contribution in [3.63, 3.8) is 0 Å². The van der Waals surface area contributed by atoms with Crippen LogP contribution >= 0.6 is 0 Å². The van der Waals surface area contributed by atoms with Crippen LogP contribution in [0.1, 0.15) is 13.8 Å². The zero-order chi connectivity index (χ0) is 15.2. The lowest BCUT2D eigenvalue weighted by Gasteiger charge is -2.29. The van der Waals surface area contributed by atoms with Crippen molar-refractivity contribution in [2.45, 2.75) is 19.9 Å². The summed E-state index contributed by atoms with van der Waals surface area (Å²) in [5.41, 5.74) is 8.22. The summed E-state index contributed by atoms with van der Waals surface area (Å²) in [6.07, 6.45) is 0. The van der Waals surface area contributed by atoms with Crippen LogP contribution in [0.3, 0.4) is 0 Å². The molecule has 2 rings (SSSR count). The number of anilines is 3. The van der Waals surface area contributed by atoms with Gasteiger partial charge in [-0.3, -0.25) is 4.79 Å². The number of carbonyl (C=O) groups is 1. The molecule has 110 valence electrons. The predicted octanol–water partition coefficient (Wildman–Crippen LogP) is 3.12. The third-order valence-electron chi connectivity index (χ3n) is 3.45. The molecule has 3 N–H and O–H groups in total. The average molecular weight is 283 g/mol. The Morgan fingerprint density at radius 3 is 2.33 bits per heavy atom. The maximum absolute atomic E-state index is 12.4. The van der Waals surface area contributed by atoms with Gasteiger partial charge in [-0.1, -0.05) is 18.2 Å². The van der Waals surface area contributed by atoms with E-state index in [4.69, 9.17) is 5.73 Å². The van der Waals surface area contributed by atoms with Gasteiger partial charge >= 0.3 is 0 Å². The summed E-state index contributed by atoms with van der Waals surface area (Å²) in [5, 5.41) is 2.93. The number of amides is 1.